The number of carboxylic acids is 3. The van der Waals surface area contributed by atoms with Gasteiger partial charge in [-0.15, -0.1) is 10.1 Å². The number of carbonyl (C=O) groups excluding carboxylic acids is 15. The Balaban J connectivity index is 0.000000854. The molecule has 0 aliphatic carbocycles. The van der Waals surface area contributed by atoms with Crippen molar-refractivity contribution in [2.75, 3.05) is 99.3 Å². The molecule has 2 saturated heterocycles. The Morgan fingerprint density at radius 1 is 0.238 bits per heavy atom. The third-order valence-corrected chi connectivity index (χ3v) is 16.5. The maximum Gasteiger partial charge on any atom is 0.333 e. The normalized spacial score (nSPS) is 11.7. The van der Waals surface area contributed by atoms with Gasteiger partial charge in [0.25, 0.3) is 23.6 Å². The van der Waals surface area contributed by atoms with Gasteiger partial charge in [0.1, 0.15) is 66.3 Å². The van der Waals surface area contributed by atoms with Crippen molar-refractivity contribution < 1.29 is 183 Å². The number of benzene rings is 3. The molecule has 0 aromatic heterocycles. The minimum atomic E-state index is -0.886. The third-order valence-electron chi connectivity index (χ3n) is 16.5. The van der Waals surface area contributed by atoms with Gasteiger partial charge in [0, 0.05) is 116 Å². The molecule has 2 aliphatic heterocycles. The molecule has 0 radical (unpaired) electrons. The van der Waals surface area contributed by atoms with Crippen LogP contribution in [0.3, 0.4) is 0 Å². The monoisotopic (exact) mass is 1790 g/mol. The second-order valence-corrected chi connectivity index (χ2v) is 27.1. The number of amides is 4. The SMILES string of the molecule is O=C(CCCCC(=O)OCc1ccccc1)OCCOCCOC(=O)CCCCC(=O)OCc1ccccc1.O=C(CCCCC(=O)ON1C(=O)CCC1=O)OCCOCCOC(=O)CCCCC(=O)ON1C(=O)CCC1=O.O=C(O)CCCCC(=O)OCCOCCOC(=O)CCCCC(=O)O.O=C(O)CCCCC(=O)OCc1ccccc1.OCCOCO. The fraction of sp³-hybridized carbons (Fsp3) is 0.581. The van der Waals surface area contributed by atoms with Crippen LogP contribution in [0.25, 0.3) is 0 Å². The topological polar surface area (TPSA) is 553 Å². The average molecular weight is 1790 g/mol. The number of esters is 9. The van der Waals surface area contributed by atoms with E-state index in [9.17, 15) is 86.3 Å². The van der Waals surface area contributed by atoms with Gasteiger partial charge in [-0.2, -0.15) is 0 Å². The molecule has 0 bridgehead atoms. The van der Waals surface area contributed by atoms with Crippen LogP contribution in [0, 0.1) is 0 Å². The van der Waals surface area contributed by atoms with Crippen molar-refractivity contribution in [1.82, 2.24) is 10.1 Å². The van der Waals surface area contributed by atoms with E-state index in [1.54, 1.807) is 0 Å². The molecule has 4 amide bonds. The van der Waals surface area contributed by atoms with Crippen LogP contribution < -0.4 is 0 Å². The molecule has 0 saturated carbocycles. The van der Waals surface area contributed by atoms with E-state index in [0.29, 0.717) is 100 Å². The molecule has 126 heavy (non-hydrogen) atoms. The van der Waals surface area contributed by atoms with Crippen LogP contribution in [0.15, 0.2) is 91.0 Å². The standard InChI is InChI=1S/C30H38O9.C24H32N2O13.C16H26O9.C13H16O4.C3H8O3/c31-27(15-7-9-17-29(33)38-23-25-11-3-1-4-12-25)36-21-19-35-20-22-37-28(32)16-8-10-18-30(34)39-24-26-13-5-2-6-14-26;27-17-9-10-18(28)25(17)38-23(33)7-3-1-5-21(31)36-15-13-35-14-16-37-22(32)6-2-4-8-24(34)39-26-19(29)11-12-20(26)30;17-13(18)5-1-3-7-15(21)24-11-9-23-10-12-25-16(22)8-4-2-6-14(19)20;14-12(15)8-4-5-9-13(16)17-10-11-6-2-1-3-7-11;4-1-2-6-3-5/h1-6,11-14H,7-10,15-24H2;1-16H2;1-12H2,(H,17,18)(H,19,20);1-3,6-7H,4-5,8-10H2,(H,14,15);4-5H,1-3H2. The first-order chi connectivity index (χ1) is 60.7. The molecule has 5 N–H and O–H groups in total. The molecule has 2 fully saturated rings. The minimum absolute atomic E-state index is 0.00126. The van der Waals surface area contributed by atoms with Crippen LogP contribution in [0.1, 0.15) is 222 Å². The number of carboxylic acid groups (broad SMARTS) is 3. The number of imide groups is 2. The molecule has 3 aromatic carbocycles. The Morgan fingerprint density at radius 3 is 0.611 bits per heavy atom. The van der Waals surface area contributed by atoms with E-state index in [1.165, 1.54) is 0 Å². The van der Waals surface area contributed by atoms with Gasteiger partial charge in [0.2, 0.25) is 0 Å². The van der Waals surface area contributed by atoms with Crippen LogP contribution in [-0.2, 0) is 177 Å². The van der Waals surface area contributed by atoms with E-state index >= 15 is 0 Å². The predicted octanol–water partition coefficient (Wildman–Crippen LogP) is 7.82. The number of carbonyl (C=O) groups is 18. The first-order valence-electron chi connectivity index (χ1n) is 41.5. The van der Waals surface area contributed by atoms with E-state index in [4.69, 9.17) is 92.1 Å². The molecule has 5 rings (SSSR count). The van der Waals surface area contributed by atoms with Gasteiger partial charge in [0.05, 0.1) is 52.9 Å². The number of hydroxylamine groups is 4. The maximum atomic E-state index is 11.8. The van der Waals surface area contributed by atoms with Gasteiger partial charge in [0.15, 0.2) is 0 Å². The molecule has 2 aliphatic rings. The highest BCUT2D eigenvalue weighted by atomic mass is 16.7. The average Bonchev–Trinajstić information content (AvgIpc) is 1.74. The zero-order chi connectivity index (χ0) is 92.8. The van der Waals surface area contributed by atoms with Crippen molar-refractivity contribution >= 4 is 107 Å². The summed E-state index contributed by atoms with van der Waals surface area (Å²) >= 11 is 0. The number of aliphatic hydroxyl groups is 2. The lowest BCUT2D eigenvalue weighted by Crippen LogP contribution is -2.31. The quantitative estimate of drug-likeness (QED) is 0.0118. The fourth-order valence-corrected chi connectivity index (χ4v) is 9.99. The molecule has 702 valence electrons. The van der Waals surface area contributed by atoms with Crippen molar-refractivity contribution in [2.24, 2.45) is 0 Å². The number of rotatable bonds is 64. The summed E-state index contributed by atoms with van der Waals surface area (Å²) in [5.74, 6) is -9.60. The Kier molecular flexibility index (Phi) is 67.5. The zero-order valence-electron chi connectivity index (χ0n) is 71.1. The Bertz CT molecular complexity index is 3450. The Labute approximate surface area is 729 Å². The van der Waals surface area contributed by atoms with Crippen molar-refractivity contribution in [1.29, 1.82) is 0 Å². The number of nitrogens with zero attached hydrogens (tertiary/aromatic N) is 2. The predicted molar refractivity (Wildman–Crippen MR) is 434 cm³/mol. The van der Waals surface area contributed by atoms with Gasteiger partial charge in [-0.25, -0.2) is 9.59 Å². The number of unbranched alkanes of at least 4 members (excludes halogenated alkanes) is 7. The van der Waals surface area contributed by atoms with Crippen molar-refractivity contribution in [3.63, 3.8) is 0 Å². The molecule has 3 aromatic rings. The summed E-state index contributed by atoms with van der Waals surface area (Å²) in [6.45, 7) is 1.96. The number of aliphatic carboxylic acids is 3. The number of hydrogen-bond donors (Lipinski definition) is 5. The van der Waals surface area contributed by atoms with E-state index in [-0.39, 0.29) is 265 Å². The van der Waals surface area contributed by atoms with Crippen molar-refractivity contribution in [3.8, 4) is 0 Å². The van der Waals surface area contributed by atoms with E-state index in [2.05, 4.69) is 4.74 Å². The van der Waals surface area contributed by atoms with Crippen LogP contribution in [0.5, 0.6) is 0 Å². The van der Waals surface area contributed by atoms with Crippen LogP contribution in [0.2, 0.25) is 0 Å². The number of aliphatic hydroxyl groups excluding tert-OH is 2. The van der Waals surface area contributed by atoms with Gasteiger partial charge in [-0.1, -0.05) is 91.0 Å². The summed E-state index contributed by atoms with van der Waals surface area (Å²) in [7, 11) is 0. The van der Waals surface area contributed by atoms with Gasteiger partial charge in [-0.05, 0) is 107 Å². The number of hydrogen-bond acceptors (Lipinski definition) is 35. The zero-order valence-corrected chi connectivity index (χ0v) is 71.1. The second kappa shape index (κ2) is 75.8. The Morgan fingerprint density at radius 2 is 0.429 bits per heavy atom. The fourth-order valence-electron chi connectivity index (χ4n) is 9.99. The van der Waals surface area contributed by atoms with Gasteiger partial charge >= 0.3 is 83.6 Å². The third kappa shape index (κ3) is 67.7. The largest absolute Gasteiger partial charge is 0.481 e. The van der Waals surface area contributed by atoms with E-state index in [0.717, 1.165) is 16.7 Å². The summed E-state index contributed by atoms with van der Waals surface area (Å²) in [5, 5.41) is 42.1. The highest BCUT2D eigenvalue weighted by Crippen LogP contribution is 2.17. The van der Waals surface area contributed by atoms with Crippen molar-refractivity contribution in [3.05, 3.63) is 108 Å². The van der Waals surface area contributed by atoms with Crippen molar-refractivity contribution in [2.45, 2.75) is 225 Å². The molecular formula is C86H120N2O38. The molecule has 40 nitrogen and oxygen atoms in total. The van der Waals surface area contributed by atoms with Gasteiger partial charge < -0.3 is 96.8 Å². The minimum Gasteiger partial charge on any atom is -0.481 e. The summed E-state index contributed by atoms with van der Waals surface area (Å²) in [6.07, 6.45) is 8.20. The highest BCUT2D eigenvalue weighted by molar-refractivity contribution is 6.02. The molecule has 0 unspecified atom stereocenters. The molecule has 0 atom stereocenters. The summed E-state index contributed by atoms with van der Waals surface area (Å²) in [5.41, 5.74) is 2.81. The lowest BCUT2D eigenvalue weighted by Gasteiger charge is -2.12. The Hall–Kier alpha value is -11.7. The molecule has 2 heterocycles. The maximum absolute atomic E-state index is 11.8. The molecular weight excluding hydrogens is 1670 g/mol. The highest BCUT2D eigenvalue weighted by Gasteiger charge is 2.34. The summed E-state index contributed by atoms with van der Waals surface area (Å²) in [6, 6.07) is 28.3. The molecule has 40 heteroatoms. The first-order valence-corrected chi connectivity index (χ1v) is 41.5. The van der Waals surface area contributed by atoms with E-state index < -0.39 is 77.4 Å². The smallest absolute Gasteiger partial charge is 0.333 e. The van der Waals surface area contributed by atoms with E-state index in [1.807, 2.05) is 91.0 Å². The van der Waals surface area contributed by atoms with Crippen LogP contribution in [0.4, 0.5) is 0 Å². The lowest BCUT2D eigenvalue weighted by atomic mass is 10.2. The van der Waals surface area contributed by atoms with Gasteiger partial charge in [-0.3, -0.25) is 76.7 Å². The van der Waals surface area contributed by atoms with Crippen LogP contribution in [-0.4, -0.2) is 242 Å². The number of ether oxygens (including phenoxy) is 13. The second-order valence-electron chi connectivity index (χ2n) is 27.1. The molecule has 0 spiro atoms. The van der Waals surface area contributed by atoms with Crippen LogP contribution >= 0.6 is 0 Å². The first kappa shape index (κ1) is 112. The lowest BCUT2D eigenvalue weighted by molar-refractivity contribution is -0.197. The summed E-state index contributed by atoms with van der Waals surface area (Å²) in [4.78, 5) is 213. The summed E-state index contributed by atoms with van der Waals surface area (Å²) < 4.78 is 65.3.